The molecule has 1 aromatic rings. The minimum Gasteiger partial charge on any atom is -0.491 e. The Kier molecular flexibility index (Phi) is 5.44. The maximum absolute atomic E-state index is 5.95. The maximum atomic E-state index is 5.95. The summed E-state index contributed by atoms with van der Waals surface area (Å²) in [5.41, 5.74) is 6.70. The molecule has 2 rings (SSSR count). The Hall–Kier alpha value is -0.830. The molecular weight excluding hydrogens is 254 g/mol. The van der Waals surface area contributed by atoms with Crippen molar-refractivity contribution in [3.63, 3.8) is 0 Å². The maximum Gasteiger partial charge on any atom is 0.143 e. The van der Waals surface area contributed by atoms with Crippen LogP contribution < -0.4 is 10.5 Å². The van der Waals surface area contributed by atoms with Crippen LogP contribution >= 0.6 is 11.8 Å². The van der Waals surface area contributed by atoms with Gasteiger partial charge in [0.05, 0.1) is 12.3 Å². The molecule has 0 amide bonds. The molecule has 0 bridgehead atoms. The molecule has 1 aliphatic rings. The molecule has 2 nitrogen and oxygen atoms in total. The number of thioether (sulfide) groups is 1. The van der Waals surface area contributed by atoms with Crippen LogP contribution in [0.4, 0.5) is 5.69 Å². The fourth-order valence-corrected chi connectivity index (χ4v) is 4.02. The van der Waals surface area contributed by atoms with Gasteiger partial charge in [0.2, 0.25) is 0 Å². The monoisotopic (exact) mass is 279 g/mol. The van der Waals surface area contributed by atoms with E-state index in [2.05, 4.69) is 26.0 Å². The van der Waals surface area contributed by atoms with E-state index in [-0.39, 0.29) is 0 Å². The van der Waals surface area contributed by atoms with E-state index in [1.54, 1.807) is 0 Å². The van der Waals surface area contributed by atoms with Crippen LogP contribution in [0, 0.1) is 5.92 Å². The molecule has 19 heavy (non-hydrogen) atoms. The summed E-state index contributed by atoms with van der Waals surface area (Å²) in [7, 11) is 0. The van der Waals surface area contributed by atoms with Gasteiger partial charge in [-0.15, -0.1) is 11.8 Å². The van der Waals surface area contributed by atoms with Crippen molar-refractivity contribution in [2.45, 2.75) is 56.1 Å². The van der Waals surface area contributed by atoms with Crippen LogP contribution in [0.15, 0.2) is 23.1 Å². The SMILES string of the molecule is CCCOc1cc(SC2CCCC(C)C2)ccc1N. The van der Waals surface area contributed by atoms with Gasteiger partial charge in [-0.2, -0.15) is 0 Å². The van der Waals surface area contributed by atoms with Crippen molar-refractivity contribution in [2.24, 2.45) is 5.92 Å². The van der Waals surface area contributed by atoms with E-state index in [4.69, 9.17) is 10.5 Å². The lowest BCUT2D eigenvalue weighted by Gasteiger charge is -2.26. The normalized spacial score (nSPS) is 23.3. The number of ether oxygens (including phenoxy) is 1. The van der Waals surface area contributed by atoms with Gasteiger partial charge in [0, 0.05) is 10.1 Å². The summed E-state index contributed by atoms with van der Waals surface area (Å²) in [6, 6.07) is 6.20. The van der Waals surface area contributed by atoms with E-state index in [0.29, 0.717) is 0 Å². The van der Waals surface area contributed by atoms with Crippen LogP contribution in [0.3, 0.4) is 0 Å². The molecule has 1 aliphatic carbocycles. The Bertz CT molecular complexity index is 408. The van der Waals surface area contributed by atoms with Gasteiger partial charge in [0.25, 0.3) is 0 Å². The molecular formula is C16H25NOS. The number of benzene rings is 1. The van der Waals surface area contributed by atoms with Crippen LogP contribution in [0.25, 0.3) is 0 Å². The second-order valence-corrected chi connectivity index (χ2v) is 6.93. The van der Waals surface area contributed by atoms with Crippen molar-refractivity contribution < 1.29 is 4.74 Å². The third-order valence-corrected chi connectivity index (χ3v) is 4.93. The topological polar surface area (TPSA) is 35.2 Å². The number of anilines is 1. The molecule has 1 saturated carbocycles. The summed E-state index contributed by atoms with van der Waals surface area (Å²) in [5.74, 6) is 1.71. The van der Waals surface area contributed by atoms with Crippen molar-refractivity contribution in [1.82, 2.24) is 0 Å². The highest BCUT2D eigenvalue weighted by Crippen LogP contribution is 2.38. The van der Waals surface area contributed by atoms with E-state index < -0.39 is 0 Å². The summed E-state index contributed by atoms with van der Waals surface area (Å²) >= 11 is 1.99. The number of hydrogen-bond donors (Lipinski definition) is 1. The van der Waals surface area contributed by atoms with Gasteiger partial charge >= 0.3 is 0 Å². The number of nitrogens with two attached hydrogens (primary N) is 1. The van der Waals surface area contributed by atoms with Gasteiger partial charge < -0.3 is 10.5 Å². The fraction of sp³-hybridized carbons (Fsp3) is 0.625. The molecule has 2 N–H and O–H groups in total. The lowest BCUT2D eigenvalue weighted by molar-refractivity contribution is 0.318. The first kappa shape index (κ1) is 14.6. The lowest BCUT2D eigenvalue weighted by Crippen LogP contribution is -2.14. The molecule has 1 aromatic carbocycles. The lowest BCUT2D eigenvalue weighted by atomic mass is 9.91. The van der Waals surface area contributed by atoms with E-state index >= 15 is 0 Å². The van der Waals surface area contributed by atoms with Crippen LogP contribution in [0.5, 0.6) is 5.75 Å². The predicted octanol–water partition coefficient (Wildman–Crippen LogP) is 4.73. The van der Waals surface area contributed by atoms with Gasteiger partial charge in [-0.1, -0.05) is 26.7 Å². The molecule has 0 aliphatic heterocycles. The van der Waals surface area contributed by atoms with Gasteiger partial charge in [-0.05, 0) is 43.4 Å². The zero-order valence-corrected chi connectivity index (χ0v) is 12.8. The molecule has 2 unspecified atom stereocenters. The van der Waals surface area contributed by atoms with E-state index in [9.17, 15) is 0 Å². The van der Waals surface area contributed by atoms with Gasteiger partial charge in [0.1, 0.15) is 5.75 Å². The Morgan fingerprint density at radius 3 is 2.95 bits per heavy atom. The van der Waals surface area contributed by atoms with Gasteiger partial charge in [-0.3, -0.25) is 0 Å². The third kappa shape index (κ3) is 4.34. The minimum atomic E-state index is 0.735. The predicted molar refractivity (Wildman–Crippen MR) is 83.9 cm³/mol. The van der Waals surface area contributed by atoms with E-state index in [1.807, 2.05) is 17.8 Å². The second kappa shape index (κ2) is 7.09. The molecule has 0 spiro atoms. The molecule has 0 saturated heterocycles. The molecule has 0 radical (unpaired) electrons. The highest BCUT2D eigenvalue weighted by molar-refractivity contribution is 8.00. The Morgan fingerprint density at radius 2 is 2.21 bits per heavy atom. The summed E-state index contributed by atoms with van der Waals surface area (Å²) in [5, 5.41) is 0.756. The summed E-state index contributed by atoms with van der Waals surface area (Å²) < 4.78 is 5.70. The van der Waals surface area contributed by atoms with Crippen molar-refractivity contribution in [1.29, 1.82) is 0 Å². The number of hydrogen-bond acceptors (Lipinski definition) is 3. The second-order valence-electron chi connectivity index (χ2n) is 5.56. The van der Waals surface area contributed by atoms with Crippen molar-refractivity contribution in [3.8, 4) is 5.75 Å². The summed E-state index contributed by atoms with van der Waals surface area (Å²) in [6.45, 7) is 5.21. The third-order valence-electron chi connectivity index (χ3n) is 3.64. The minimum absolute atomic E-state index is 0.735. The Balaban J connectivity index is 1.99. The molecule has 3 heteroatoms. The molecule has 106 valence electrons. The molecule has 0 heterocycles. The van der Waals surface area contributed by atoms with Crippen LogP contribution in [-0.2, 0) is 0 Å². The molecule has 1 fully saturated rings. The van der Waals surface area contributed by atoms with E-state index in [1.165, 1.54) is 30.6 Å². The van der Waals surface area contributed by atoms with Crippen LogP contribution in [0.1, 0.15) is 46.0 Å². The smallest absolute Gasteiger partial charge is 0.143 e. The largest absolute Gasteiger partial charge is 0.491 e. The van der Waals surface area contributed by atoms with Crippen LogP contribution in [0.2, 0.25) is 0 Å². The quantitative estimate of drug-likeness (QED) is 0.791. The summed E-state index contributed by atoms with van der Waals surface area (Å²) in [4.78, 5) is 1.29. The van der Waals surface area contributed by atoms with Crippen molar-refractivity contribution in [2.75, 3.05) is 12.3 Å². The fourth-order valence-electron chi connectivity index (χ4n) is 2.60. The summed E-state index contributed by atoms with van der Waals surface area (Å²) in [6.07, 6.45) is 6.44. The standard InChI is InChI=1S/C16H25NOS/c1-3-9-18-16-11-14(7-8-15(16)17)19-13-6-4-5-12(2)10-13/h7-8,11-13H,3-6,9-10,17H2,1-2H3. The number of rotatable bonds is 5. The van der Waals surface area contributed by atoms with Gasteiger partial charge in [-0.25, -0.2) is 0 Å². The zero-order chi connectivity index (χ0) is 13.7. The first-order valence-corrected chi connectivity index (χ1v) is 8.26. The average molecular weight is 279 g/mol. The molecule has 0 aromatic heterocycles. The highest BCUT2D eigenvalue weighted by Gasteiger charge is 2.20. The first-order valence-electron chi connectivity index (χ1n) is 7.38. The highest BCUT2D eigenvalue weighted by atomic mass is 32.2. The van der Waals surface area contributed by atoms with Gasteiger partial charge in [0.15, 0.2) is 0 Å². The Morgan fingerprint density at radius 1 is 1.37 bits per heavy atom. The Labute approximate surface area is 121 Å². The number of nitrogen functional groups attached to an aromatic ring is 1. The first-order chi connectivity index (χ1) is 9.19. The molecule has 2 atom stereocenters. The van der Waals surface area contributed by atoms with E-state index in [0.717, 1.165) is 35.6 Å². The van der Waals surface area contributed by atoms with Crippen molar-refractivity contribution >= 4 is 17.4 Å². The average Bonchev–Trinajstić information content (AvgIpc) is 2.39. The van der Waals surface area contributed by atoms with Crippen LogP contribution in [-0.4, -0.2) is 11.9 Å². The zero-order valence-electron chi connectivity index (χ0n) is 12.0. The van der Waals surface area contributed by atoms with Crippen molar-refractivity contribution in [3.05, 3.63) is 18.2 Å².